The Kier molecular flexibility index (Phi) is 7.85. The minimum absolute atomic E-state index is 0.0155. The van der Waals surface area contributed by atoms with Crippen molar-refractivity contribution in [1.29, 1.82) is 0 Å². The van der Waals surface area contributed by atoms with Crippen molar-refractivity contribution in [2.24, 2.45) is 10.7 Å². The van der Waals surface area contributed by atoms with Crippen molar-refractivity contribution in [3.63, 3.8) is 0 Å². The molecule has 0 radical (unpaired) electrons. The summed E-state index contributed by atoms with van der Waals surface area (Å²) in [5, 5.41) is 8.41. The van der Waals surface area contributed by atoms with E-state index in [4.69, 9.17) is 17.3 Å². The summed E-state index contributed by atoms with van der Waals surface area (Å²) >= 11 is 5.97. The molecule has 3 amide bonds. The smallest absolute Gasteiger partial charge is 0.257 e. The molecular formula is C25H28ClFN6O3. The van der Waals surface area contributed by atoms with E-state index >= 15 is 0 Å². The lowest BCUT2D eigenvalue weighted by molar-refractivity contribution is -0.131. The maximum absolute atomic E-state index is 13.3. The second-order valence-electron chi connectivity index (χ2n) is 8.85. The molecule has 0 bridgehead atoms. The van der Waals surface area contributed by atoms with Crippen LogP contribution in [-0.4, -0.2) is 61.2 Å². The number of likely N-dealkylation sites (tertiary alicyclic amines) is 1. The van der Waals surface area contributed by atoms with Crippen LogP contribution in [0.4, 0.5) is 10.1 Å². The number of carbonyl (C=O) groups excluding carboxylic acids is 3. The topological polar surface area (TPSA) is 129 Å². The van der Waals surface area contributed by atoms with Crippen molar-refractivity contribution in [3.05, 3.63) is 64.4 Å². The van der Waals surface area contributed by atoms with E-state index in [1.54, 1.807) is 24.3 Å². The molecule has 36 heavy (non-hydrogen) atoms. The molecule has 0 aromatic heterocycles. The van der Waals surface area contributed by atoms with Gasteiger partial charge >= 0.3 is 0 Å². The van der Waals surface area contributed by atoms with E-state index < -0.39 is 35.1 Å². The number of primary amides is 1. The third-order valence-electron chi connectivity index (χ3n) is 6.51. The van der Waals surface area contributed by atoms with Gasteiger partial charge in [0.25, 0.3) is 11.8 Å². The number of hydrogen-bond donors (Lipinski definition) is 4. The molecule has 2 aromatic carbocycles. The Bertz CT molecular complexity index is 1170. The molecular weight excluding hydrogens is 487 g/mol. The van der Waals surface area contributed by atoms with Gasteiger partial charge in [0.1, 0.15) is 5.82 Å². The number of rotatable bonds is 8. The van der Waals surface area contributed by atoms with Crippen molar-refractivity contribution in [2.45, 2.75) is 30.8 Å². The molecule has 2 aliphatic rings. The number of nitrogens with zero attached hydrogens (tertiary/aromatic N) is 2. The lowest BCUT2D eigenvalue weighted by atomic mass is 9.82. The average molecular weight is 515 g/mol. The van der Waals surface area contributed by atoms with Gasteiger partial charge in [0.15, 0.2) is 11.6 Å². The molecule has 0 spiro atoms. The molecule has 1 saturated heterocycles. The molecule has 9 nitrogen and oxygen atoms in total. The molecule has 2 atom stereocenters. The van der Waals surface area contributed by atoms with Crippen LogP contribution in [0.15, 0.2) is 47.5 Å². The first-order chi connectivity index (χ1) is 17.3. The van der Waals surface area contributed by atoms with Gasteiger partial charge in [-0.25, -0.2) is 4.39 Å². The standard InChI is InChI=1S/C25H28ClFN6O3/c26-20-14-17(27)6-9-19(20)22(34)32-18-7-4-16(5-8-18)25(24(28)36)21(30-15-31-25)23(35)29-10-13-33-11-2-1-3-12-33/h4-9,14-15,21H,1-3,10-13H2,(H2,28,36)(H,29,35)(H,30,31)(H,32,34). The van der Waals surface area contributed by atoms with E-state index in [0.29, 0.717) is 17.8 Å². The third-order valence-corrected chi connectivity index (χ3v) is 6.83. The van der Waals surface area contributed by atoms with Crippen LogP contribution in [0.1, 0.15) is 35.2 Å². The van der Waals surface area contributed by atoms with Gasteiger partial charge in [-0.1, -0.05) is 30.2 Å². The third kappa shape index (κ3) is 5.34. The highest BCUT2D eigenvalue weighted by Gasteiger charge is 2.52. The summed E-state index contributed by atoms with van der Waals surface area (Å²) in [5.74, 6) is -2.24. The summed E-state index contributed by atoms with van der Waals surface area (Å²) in [6.07, 6.45) is 4.85. The fourth-order valence-corrected chi connectivity index (χ4v) is 4.82. The molecule has 0 aliphatic carbocycles. The fraction of sp³-hybridized carbons (Fsp3) is 0.360. The Balaban J connectivity index is 1.45. The molecule has 2 heterocycles. The molecule has 1 fully saturated rings. The van der Waals surface area contributed by atoms with E-state index in [9.17, 15) is 18.8 Å². The number of benzene rings is 2. The van der Waals surface area contributed by atoms with E-state index in [0.717, 1.165) is 44.6 Å². The van der Waals surface area contributed by atoms with Gasteiger partial charge in [-0.3, -0.25) is 19.4 Å². The zero-order valence-corrected chi connectivity index (χ0v) is 20.4. The van der Waals surface area contributed by atoms with Gasteiger partial charge in [-0.05, 0) is 61.8 Å². The van der Waals surface area contributed by atoms with Crippen LogP contribution in [0.3, 0.4) is 0 Å². The molecule has 190 valence electrons. The molecule has 5 N–H and O–H groups in total. The number of carbonyl (C=O) groups is 3. The van der Waals surface area contributed by atoms with Gasteiger partial charge in [-0.2, -0.15) is 0 Å². The molecule has 0 saturated carbocycles. The fourth-order valence-electron chi connectivity index (χ4n) is 4.56. The normalized spacial score (nSPS) is 21.6. The van der Waals surface area contributed by atoms with E-state index in [2.05, 4.69) is 25.8 Å². The van der Waals surface area contributed by atoms with Crippen molar-refractivity contribution in [3.8, 4) is 0 Å². The van der Waals surface area contributed by atoms with Gasteiger partial charge in [0.05, 0.1) is 16.9 Å². The van der Waals surface area contributed by atoms with Crippen LogP contribution in [-0.2, 0) is 15.1 Å². The lowest BCUT2D eigenvalue weighted by Crippen LogP contribution is -2.60. The summed E-state index contributed by atoms with van der Waals surface area (Å²) in [6, 6.07) is 8.71. The Morgan fingerprint density at radius 2 is 1.86 bits per heavy atom. The maximum atomic E-state index is 13.3. The first-order valence-electron chi connectivity index (χ1n) is 11.8. The Hall–Kier alpha value is -3.50. The summed E-state index contributed by atoms with van der Waals surface area (Å²) < 4.78 is 13.3. The average Bonchev–Trinajstić information content (AvgIpc) is 3.31. The zero-order chi connectivity index (χ0) is 25.7. The summed E-state index contributed by atoms with van der Waals surface area (Å²) in [4.78, 5) is 44.7. The van der Waals surface area contributed by atoms with E-state index in [-0.39, 0.29) is 10.6 Å². The van der Waals surface area contributed by atoms with Crippen LogP contribution in [0, 0.1) is 5.82 Å². The quantitative estimate of drug-likeness (QED) is 0.428. The predicted molar refractivity (Wildman–Crippen MR) is 135 cm³/mol. The van der Waals surface area contributed by atoms with Crippen LogP contribution < -0.4 is 21.7 Å². The Labute approximate surface area is 213 Å². The first-order valence-corrected chi connectivity index (χ1v) is 12.2. The molecule has 4 rings (SSSR count). The van der Waals surface area contributed by atoms with Gasteiger partial charge < -0.3 is 26.6 Å². The monoisotopic (exact) mass is 514 g/mol. The van der Waals surface area contributed by atoms with Gasteiger partial charge in [-0.15, -0.1) is 0 Å². The minimum atomic E-state index is -1.57. The number of nitrogens with one attached hydrogen (secondary N) is 3. The zero-order valence-electron chi connectivity index (χ0n) is 19.6. The Morgan fingerprint density at radius 3 is 2.53 bits per heavy atom. The highest BCUT2D eigenvalue weighted by molar-refractivity contribution is 6.34. The Morgan fingerprint density at radius 1 is 1.14 bits per heavy atom. The summed E-state index contributed by atoms with van der Waals surface area (Å²) in [5.41, 5.74) is 5.15. The predicted octanol–water partition coefficient (Wildman–Crippen LogP) is 2.01. The number of piperidine rings is 1. The van der Waals surface area contributed by atoms with Crippen molar-refractivity contribution in [1.82, 2.24) is 15.5 Å². The second kappa shape index (κ2) is 11.0. The molecule has 11 heteroatoms. The number of hydrogen-bond acceptors (Lipinski definition) is 6. The van der Waals surface area contributed by atoms with Crippen molar-refractivity contribution >= 4 is 41.3 Å². The highest BCUT2D eigenvalue weighted by atomic mass is 35.5. The number of nitrogens with two attached hydrogens (primary N) is 1. The van der Waals surface area contributed by atoms with Gasteiger partial charge in [0, 0.05) is 18.8 Å². The summed E-state index contributed by atoms with van der Waals surface area (Å²) in [7, 11) is 0. The largest absolute Gasteiger partial charge is 0.367 e. The van der Waals surface area contributed by atoms with E-state index in [1.165, 1.54) is 18.8 Å². The number of amides is 3. The summed E-state index contributed by atoms with van der Waals surface area (Å²) in [6.45, 7) is 3.20. The SMILES string of the molecule is NC(=O)C1(c2ccc(NC(=O)c3ccc(F)cc3Cl)cc2)NC=NC1C(=O)NCCN1CCCCC1. The van der Waals surface area contributed by atoms with Crippen LogP contribution >= 0.6 is 11.6 Å². The number of halogens is 2. The van der Waals surface area contributed by atoms with Crippen molar-refractivity contribution in [2.75, 3.05) is 31.5 Å². The maximum Gasteiger partial charge on any atom is 0.257 e. The van der Waals surface area contributed by atoms with Crippen LogP contribution in [0.5, 0.6) is 0 Å². The molecule has 2 unspecified atom stereocenters. The van der Waals surface area contributed by atoms with Crippen LogP contribution in [0.25, 0.3) is 0 Å². The van der Waals surface area contributed by atoms with Crippen LogP contribution in [0.2, 0.25) is 5.02 Å². The lowest BCUT2D eigenvalue weighted by Gasteiger charge is -2.32. The molecule has 2 aromatic rings. The number of anilines is 1. The number of aliphatic imine (C=N–C) groups is 1. The van der Waals surface area contributed by atoms with Crippen molar-refractivity contribution < 1.29 is 18.8 Å². The van der Waals surface area contributed by atoms with Gasteiger partial charge in [0.2, 0.25) is 5.91 Å². The minimum Gasteiger partial charge on any atom is -0.367 e. The molecule has 2 aliphatic heterocycles. The van der Waals surface area contributed by atoms with E-state index in [1.807, 2.05) is 0 Å². The second-order valence-corrected chi connectivity index (χ2v) is 9.25. The highest BCUT2D eigenvalue weighted by Crippen LogP contribution is 2.31. The first kappa shape index (κ1) is 25.6.